The predicted molar refractivity (Wildman–Crippen MR) is 121 cm³/mol. The second-order valence-corrected chi connectivity index (χ2v) is 7.96. The molecule has 31 heavy (non-hydrogen) atoms. The third-order valence-electron chi connectivity index (χ3n) is 4.85. The highest BCUT2D eigenvalue weighted by atomic mass is 79.9. The molecule has 3 aromatic carbocycles. The predicted octanol–water partition coefficient (Wildman–Crippen LogP) is 4.07. The first-order valence-corrected chi connectivity index (χ1v) is 10.6. The van der Waals surface area contributed by atoms with Gasteiger partial charge in [0.2, 0.25) is 5.91 Å². The maximum atomic E-state index is 12.6. The summed E-state index contributed by atoms with van der Waals surface area (Å²) in [6, 6.07) is 22.8. The molecule has 0 spiro atoms. The number of carbonyl (C=O) groups excluding carboxylic acids is 2. The molecule has 0 aromatic heterocycles. The maximum Gasteiger partial charge on any atom is 0.265 e. The number of ether oxygens (including phenoxy) is 2. The van der Waals surface area contributed by atoms with E-state index in [-0.39, 0.29) is 25.0 Å². The lowest BCUT2D eigenvalue weighted by molar-refractivity contribution is -0.125. The molecule has 2 amide bonds. The summed E-state index contributed by atoms with van der Waals surface area (Å²) < 4.78 is 12.3. The van der Waals surface area contributed by atoms with Gasteiger partial charge in [0.05, 0.1) is 5.69 Å². The van der Waals surface area contributed by atoms with Gasteiger partial charge in [0, 0.05) is 16.6 Å². The Bertz CT molecular complexity index is 1090. The van der Waals surface area contributed by atoms with Crippen molar-refractivity contribution in [3.63, 3.8) is 0 Å². The SMILES string of the molecule is O=C(CN1C(=O)COc2cc(Br)ccc21)NCc1ccccc1OCc1ccccc1. The fourth-order valence-electron chi connectivity index (χ4n) is 3.27. The van der Waals surface area contributed by atoms with E-state index in [1.54, 1.807) is 12.1 Å². The highest BCUT2D eigenvalue weighted by Crippen LogP contribution is 2.34. The monoisotopic (exact) mass is 480 g/mol. The molecule has 0 aliphatic carbocycles. The number of nitrogens with zero attached hydrogens (tertiary/aromatic N) is 1. The minimum absolute atomic E-state index is 0.0795. The Balaban J connectivity index is 1.38. The molecule has 158 valence electrons. The molecule has 1 heterocycles. The molecule has 0 bridgehead atoms. The van der Waals surface area contributed by atoms with Crippen molar-refractivity contribution in [2.45, 2.75) is 13.2 Å². The summed E-state index contributed by atoms with van der Waals surface area (Å²) in [5.74, 6) is 0.768. The van der Waals surface area contributed by atoms with Crippen LogP contribution in [0.4, 0.5) is 5.69 Å². The fourth-order valence-corrected chi connectivity index (χ4v) is 3.61. The molecule has 4 rings (SSSR count). The van der Waals surface area contributed by atoms with Crippen LogP contribution in [0.5, 0.6) is 11.5 Å². The Morgan fingerprint density at radius 3 is 2.68 bits per heavy atom. The molecule has 0 saturated heterocycles. The van der Waals surface area contributed by atoms with Crippen LogP contribution in [-0.4, -0.2) is 25.0 Å². The topological polar surface area (TPSA) is 67.9 Å². The number of benzene rings is 3. The summed E-state index contributed by atoms with van der Waals surface area (Å²) in [5, 5.41) is 2.88. The van der Waals surface area contributed by atoms with E-state index in [0.717, 1.165) is 15.6 Å². The van der Waals surface area contributed by atoms with E-state index in [4.69, 9.17) is 9.47 Å². The summed E-state index contributed by atoms with van der Waals surface area (Å²) in [6.07, 6.45) is 0. The van der Waals surface area contributed by atoms with Gasteiger partial charge in [-0.2, -0.15) is 0 Å². The molecule has 0 fully saturated rings. The number of carbonyl (C=O) groups is 2. The standard InChI is InChI=1S/C24H21BrN2O4/c25-19-10-11-20-22(12-19)31-16-24(29)27(20)14-23(28)26-13-18-8-4-5-9-21(18)30-15-17-6-2-1-3-7-17/h1-12H,13-16H2,(H,26,28). The molecular weight excluding hydrogens is 460 g/mol. The zero-order valence-electron chi connectivity index (χ0n) is 16.7. The van der Waals surface area contributed by atoms with Crippen molar-refractivity contribution in [3.05, 3.63) is 88.4 Å². The first-order chi connectivity index (χ1) is 15.1. The number of fused-ring (bicyclic) bond motifs is 1. The first-order valence-electron chi connectivity index (χ1n) is 9.84. The van der Waals surface area contributed by atoms with Gasteiger partial charge < -0.3 is 14.8 Å². The van der Waals surface area contributed by atoms with Gasteiger partial charge in [-0.05, 0) is 29.8 Å². The van der Waals surface area contributed by atoms with Crippen molar-refractivity contribution in [1.29, 1.82) is 0 Å². The molecule has 1 N–H and O–H groups in total. The van der Waals surface area contributed by atoms with Gasteiger partial charge in [-0.25, -0.2) is 0 Å². The van der Waals surface area contributed by atoms with E-state index < -0.39 is 0 Å². The van der Waals surface area contributed by atoms with Crippen LogP contribution in [0, 0.1) is 0 Å². The van der Waals surface area contributed by atoms with Gasteiger partial charge in [-0.1, -0.05) is 64.5 Å². The second-order valence-electron chi connectivity index (χ2n) is 7.04. The largest absolute Gasteiger partial charge is 0.489 e. The van der Waals surface area contributed by atoms with Crippen molar-refractivity contribution in [1.82, 2.24) is 5.32 Å². The lowest BCUT2D eigenvalue weighted by Gasteiger charge is -2.29. The fraction of sp³-hybridized carbons (Fsp3) is 0.167. The van der Waals surface area contributed by atoms with Crippen LogP contribution in [0.3, 0.4) is 0 Å². The van der Waals surface area contributed by atoms with Gasteiger partial charge in [-0.3, -0.25) is 14.5 Å². The average Bonchev–Trinajstić information content (AvgIpc) is 2.79. The van der Waals surface area contributed by atoms with Crippen LogP contribution < -0.4 is 19.7 Å². The van der Waals surface area contributed by atoms with Crippen molar-refractivity contribution in [3.8, 4) is 11.5 Å². The molecule has 1 aliphatic rings. The molecule has 1 aliphatic heterocycles. The zero-order valence-corrected chi connectivity index (χ0v) is 18.3. The summed E-state index contributed by atoms with van der Waals surface area (Å²) in [6.45, 7) is 0.576. The third-order valence-corrected chi connectivity index (χ3v) is 5.35. The first kappa shape index (κ1) is 20.9. The molecular formula is C24H21BrN2O4. The molecule has 0 unspecified atom stereocenters. The van der Waals surface area contributed by atoms with Crippen molar-refractivity contribution in [2.75, 3.05) is 18.1 Å². The van der Waals surface area contributed by atoms with Gasteiger partial charge in [-0.15, -0.1) is 0 Å². The van der Waals surface area contributed by atoms with Gasteiger partial charge in [0.25, 0.3) is 5.91 Å². The van der Waals surface area contributed by atoms with E-state index in [9.17, 15) is 9.59 Å². The van der Waals surface area contributed by atoms with Crippen molar-refractivity contribution >= 4 is 33.4 Å². The number of anilines is 1. The molecule has 0 radical (unpaired) electrons. The quantitative estimate of drug-likeness (QED) is 0.553. The number of para-hydroxylation sites is 1. The number of nitrogens with one attached hydrogen (secondary N) is 1. The Morgan fingerprint density at radius 2 is 1.84 bits per heavy atom. The van der Waals surface area contributed by atoms with Crippen LogP contribution >= 0.6 is 15.9 Å². The Hall–Kier alpha value is -3.32. The second kappa shape index (κ2) is 9.66. The number of hydrogen-bond acceptors (Lipinski definition) is 4. The summed E-state index contributed by atoms with van der Waals surface area (Å²) in [5.41, 5.74) is 2.52. The van der Waals surface area contributed by atoms with Crippen LogP contribution in [0.1, 0.15) is 11.1 Å². The van der Waals surface area contributed by atoms with Crippen molar-refractivity contribution in [2.24, 2.45) is 0 Å². The van der Waals surface area contributed by atoms with Crippen LogP contribution in [0.25, 0.3) is 0 Å². The average molecular weight is 481 g/mol. The van der Waals surface area contributed by atoms with Crippen molar-refractivity contribution < 1.29 is 19.1 Å². The van der Waals surface area contributed by atoms with E-state index >= 15 is 0 Å². The Labute approximate surface area is 188 Å². The van der Waals surface area contributed by atoms with E-state index in [2.05, 4.69) is 21.2 Å². The summed E-state index contributed by atoms with van der Waals surface area (Å²) in [7, 11) is 0. The molecule has 6 nitrogen and oxygen atoms in total. The normalized spacial score (nSPS) is 12.7. The van der Waals surface area contributed by atoms with Gasteiger partial charge in [0.1, 0.15) is 24.7 Å². The highest BCUT2D eigenvalue weighted by molar-refractivity contribution is 9.10. The smallest absolute Gasteiger partial charge is 0.265 e. The third kappa shape index (κ3) is 5.24. The molecule has 7 heteroatoms. The van der Waals surface area contributed by atoms with E-state index in [0.29, 0.717) is 30.3 Å². The summed E-state index contributed by atoms with van der Waals surface area (Å²) in [4.78, 5) is 26.4. The molecule has 3 aromatic rings. The molecule has 0 saturated carbocycles. The lowest BCUT2D eigenvalue weighted by atomic mass is 10.2. The lowest BCUT2D eigenvalue weighted by Crippen LogP contribution is -2.45. The number of amides is 2. The minimum atomic E-state index is -0.262. The molecule has 0 atom stereocenters. The zero-order chi connectivity index (χ0) is 21.6. The Kier molecular flexibility index (Phi) is 6.52. The van der Waals surface area contributed by atoms with E-state index in [1.807, 2.05) is 60.7 Å². The van der Waals surface area contributed by atoms with Crippen LogP contribution in [0.15, 0.2) is 77.3 Å². The minimum Gasteiger partial charge on any atom is -0.489 e. The number of hydrogen-bond donors (Lipinski definition) is 1. The maximum absolute atomic E-state index is 12.6. The van der Waals surface area contributed by atoms with Crippen LogP contribution in [-0.2, 0) is 22.7 Å². The number of halogens is 1. The Morgan fingerprint density at radius 1 is 1.06 bits per heavy atom. The van der Waals surface area contributed by atoms with Gasteiger partial charge in [0.15, 0.2) is 6.61 Å². The highest BCUT2D eigenvalue weighted by Gasteiger charge is 2.27. The summed E-state index contributed by atoms with van der Waals surface area (Å²) >= 11 is 3.39. The van der Waals surface area contributed by atoms with E-state index in [1.165, 1.54) is 4.90 Å². The number of rotatable bonds is 7. The van der Waals surface area contributed by atoms with Gasteiger partial charge >= 0.3 is 0 Å². The van der Waals surface area contributed by atoms with Crippen LogP contribution in [0.2, 0.25) is 0 Å².